The summed E-state index contributed by atoms with van der Waals surface area (Å²) in [6.45, 7) is 13.5. The number of benzene rings is 2. The lowest BCUT2D eigenvalue weighted by Gasteiger charge is -2.40. The van der Waals surface area contributed by atoms with Crippen molar-refractivity contribution in [3.05, 3.63) is 64.4 Å². The van der Waals surface area contributed by atoms with E-state index in [1.807, 2.05) is 19.9 Å². The van der Waals surface area contributed by atoms with Gasteiger partial charge in [0.05, 0.1) is 13.2 Å². The maximum absolute atomic E-state index is 13.9. The number of aliphatic imine (C=N–C) groups is 1. The van der Waals surface area contributed by atoms with E-state index in [4.69, 9.17) is 4.74 Å². The Kier molecular flexibility index (Phi) is 10.9. The highest BCUT2D eigenvalue weighted by Gasteiger charge is 2.29. The second kappa shape index (κ2) is 14.8. The van der Waals surface area contributed by atoms with E-state index in [1.165, 1.54) is 18.4 Å². The van der Waals surface area contributed by atoms with Crippen molar-refractivity contribution in [2.75, 3.05) is 58.4 Å². The number of hydrogen-bond donors (Lipinski definition) is 1. The van der Waals surface area contributed by atoms with Crippen molar-refractivity contribution in [2.45, 2.75) is 78.4 Å². The molecule has 1 amide bonds. The highest BCUT2D eigenvalue weighted by Crippen LogP contribution is 2.36. The van der Waals surface area contributed by atoms with Gasteiger partial charge in [-0.25, -0.2) is 0 Å². The number of rotatable bonds is 10. The quantitative estimate of drug-likeness (QED) is 0.374. The van der Waals surface area contributed by atoms with Gasteiger partial charge in [0.25, 0.3) is 5.91 Å². The van der Waals surface area contributed by atoms with Crippen LogP contribution in [-0.4, -0.2) is 92.8 Å². The zero-order chi connectivity index (χ0) is 32.1. The molecule has 1 saturated carbocycles. The van der Waals surface area contributed by atoms with E-state index in [0.717, 1.165) is 80.3 Å². The Hall–Kier alpha value is -3.33. The van der Waals surface area contributed by atoms with Gasteiger partial charge in [0.2, 0.25) is 0 Å². The lowest BCUT2D eigenvalue weighted by molar-refractivity contribution is -0.114. The largest absolute Gasteiger partial charge is 0.379 e. The number of carbonyl (C=O) groups is 2. The molecule has 0 aromatic heterocycles. The van der Waals surface area contributed by atoms with Crippen LogP contribution >= 0.6 is 0 Å². The minimum atomic E-state index is -0.161. The Morgan fingerprint density at radius 3 is 2.27 bits per heavy atom. The van der Waals surface area contributed by atoms with Crippen LogP contribution in [-0.2, 0) is 16.1 Å². The van der Waals surface area contributed by atoms with Crippen molar-refractivity contribution in [1.29, 1.82) is 0 Å². The van der Waals surface area contributed by atoms with Gasteiger partial charge >= 0.3 is 0 Å². The predicted molar refractivity (Wildman–Crippen MR) is 183 cm³/mol. The Morgan fingerprint density at radius 2 is 1.64 bits per heavy atom. The van der Waals surface area contributed by atoms with E-state index in [2.05, 4.69) is 83.3 Å². The third-order valence-corrected chi connectivity index (χ3v) is 9.88. The van der Waals surface area contributed by atoms with Crippen LogP contribution in [0.25, 0.3) is 11.1 Å². The first kappa shape index (κ1) is 33.0. The molecule has 0 spiro atoms. The molecule has 3 aliphatic rings. The molecule has 8 nitrogen and oxygen atoms in total. The molecule has 0 atom stereocenters. The number of nitrogens with one attached hydrogen (secondary N) is 1. The van der Waals surface area contributed by atoms with Gasteiger partial charge in [-0.15, -0.1) is 0 Å². The maximum Gasteiger partial charge on any atom is 0.251 e. The number of carbonyl (C=O) groups excluding carboxylic acids is 2. The van der Waals surface area contributed by atoms with Crippen LogP contribution in [0.3, 0.4) is 0 Å². The first-order chi connectivity index (χ1) is 21.6. The van der Waals surface area contributed by atoms with Crippen molar-refractivity contribution in [3.8, 4) is 11.1 Å². The van der Waals surface area contributed by atoms with E-state index < -0.39 is 0 Å². The average molecular weight is 614 g/mol. The summed E-state index contributed by atoms with van der Waals surface area (Å²) in [5, 5.41) is 3.07. The predicted octanol–water partition coefficient (Wildman–Crippen LogP) is 5.63. The Bertz CT molecular complexity index is 1430. The molecule has 2 aromatic carbocycles. The summed E-state index contributed by atoms with van der Waals surface area (Å²) >= 11 is 0. The summed E-state index contributed by atoms with van der Waals surface area (Å²) in [6.07, 6.45) is 4.93. The number of anilines is 1. The summed E-state index contributed by atoms with van der Waals surface area (Å²) in [5.41, 5.74) is 8.25. The minimum absolute atomic E-state index is 0.0362. The number of ether oxygens (including phenoxy) is 1. The first-order valence-electron chi connectivity index (χ1n) is 16.7. The van der Waals surface area contributed by atoms with Gasteiger partial charge in [0.1, 0.15) is 0 Å². The molecule has 0 radical (unpaired) electrons. The van der Waals surface area contributed by atoms with Gasteiger partial charge in [-0.1, -0.05) is 24.3 Å². The van der Waals surface area contributed by atoms with Crippen molar-refractivity contribution < 1.29 is 14.3 Å². The van der Waals surface area contributed by atoms with Crippen LogP contribution in [0.15, 0.2) is 52.7 Å². The van der Waals surface area contributed by atoms with E-state index in [0.29, 0.717) is 35.3 Å². The minimum Gasteiger partial charge on any atom is -0.379 e. The zero-order valence-electron chi connectivity index (χ0n) is 28.1. The second-order valence-electron chi connectivity index (χ2n) is 13.2. The average Bonchev–Trinajstić information content (AvgIpc) is 3.02. The van der Waals surface area contributed by atoms with Crippen molar-refractivity contribution in [3.63, 3.8) is 0 Å². The van der Waals surface area contributed by atoms with E-state index in [9.17, 15) is 9.59 Å². The zero-order valence-corrected chi connectivity index (χ0v) is 28.1. The molecular formula is C37H51N5O3. The fraction of sp³-hybridized carbons (Fsp3) is 0.541. The molecule has 1 aliphatic carbocycles. The lowest BCUT2D eigenvalue weighted by Crippen LogP contribution is -2.42. The molecule has 1 saturated heterocycles. The Balaban J connectivity index is 1.45. The van der Waals surface area contributed by atoms with Gasteiger partial charge in [-0.2, -0.15) is 0 Å². The Morgan fingerprint density at radius 1 is 0.978 bits per heavy atom. The SMILES string of the molecule is CCN(c1cc(-c2ccc(CN3CCOCC3)cc2)cc(C(=O)NCC2=C(C)N=C(C)CC2=O)c1C)C1CCC(N(C)C)CC1. The van der Waals surface area contributed by atoms with E-state index in [-0.39, 0.29) is 18.2 Å². The number of Topliss-reactive ketones (excluding diaryl/α,β-unsaturated/α-hetero) is 1. The van der Waals surface area contributed by atoms with Gasteiger partial charge in [0, 0.05) is 79.5 Å². The van der Waals surface area contributed by atoms with Gasteiger partial charge in [-0.3, -0.25) is 19.5 Å². The summed E-state index contributed by atoms with van der Waals surface area (Å²) in [7, 11) is 4.36. The van der Waals surface area contributed by atoms with Gasteiger partial charge < -0.3 is 19.9 Å². The monoisotopic (exact) mass is 613 g/mol. The van der Waals surface area contributed by atoms with Crippen LogP contribution in [0.4, 0.5) is 5.69 Å². The maximum atomic E-state index is 13.9. The number of amides is 1. The number of ketones is 1. The highest BCUT2D eigenvalue weighted by atomic mass is 16.5. The third kappa shape index (κ3) is 7.91. The third-order valence-electron chi connectivity index (χ3n) is 9.88. The van der Waals surface area contributed by atoms with Crippen LogP contribution in [0.2, 0.25) is 0 Å². The molecule has 0 bridgehead atoms. The fourth-order valence-electron chi connectivity index (χ4n) is 7.16. The van der Waals surface area contributed by atoms with Crippen LogP contribution in [0.5, 0.6) is 0 Å². The van der Waals surface area contributed by atoms with E-state index >= 15 is 0 Å². The lowest BCUT2D eigenvalue weighted by atomic mass is 9.88. The number of nitrogens with zero attached hydrogens (tertiary/aromatic N) is 4. The second-order valence-corrected chi connectivity index (χ2v) is 13.2. The van der Waals surface area contributed by atoms with Gasteiger partial charge in [-0.05, 0) is 102 Å². The van der Waals surface area contributed by atoms with Crippen LogP contribution < -0.4 is 10.2 Å². The molecule has 1 N–H and O–H groups in total. The molecule has 0 unspecified atom stereocenters. The molecule has 242 valence electrons. The van der Waals surface area contributed by atoms with Crippen LogP contribution in [0, 0.1) is 6.92 Å². The molecule has 2 aromatic rings. The molecule has 2 fully saturated rings. The van der Waals surface area contributed by atoms with Crippen LogP contribution in [0.1, 0.15) is 74.4 Å². The summed E-state index contributed by atoms with van der Waals surface area (Å²) in [6, 6.07) is 14.1. The van der Waals surface area contributed by atoms with Crippen molar-refractivity contribution in [1.82, 2.24) is 15.1 Å². The fourth-order valence-corrected chi connectivity index (χ4v) is 7.16. The van der Waals surface area contributed by atoms with Crippen molar-refractivity contribution in [2.24, 2.45) is 4.99 Å². The first-order valence-corrected chi connectivity index (χ1v) is 16.7. The molecule has 45 heavy (non-hydrogen) atoms. The van der Waals surface area contributed by atoms with Gasteiger partial charge in [0.15, 0.2) is 5.78 Å². The highest BCUT2D eigenvalue weighted by molar-refractivity contribution is 6.12. The summed E-state index contributed by atoms with van der Waals surface area (Å²) in [4.78, 5) is 38.4. The molecule has 5 rings (SSSR count). The summed E-state index contributed by atoms with van der Waals surface area (Å²) < 4.78 is 5.51. The van der Waals surface area contributed by atoms with Crippen molar-refractivity contribution >= 4 is 23.1 Å². The summed E-state index contributed by atoms with van der Waals surface area (Å²) in [5.74, 6) is -0.125. The molecule has 2 heterocycles. The topological polar surface area (TPSA) is 77.5 Å². The standard InChI is InChI=1S/C37H51N5O3/c1-7-42(32-14-12-31(13-15-32)40(5)6)35-22-30(29-10-8-28(9-11-29)24-41-16-18-45-19-17-41)21-33(26(35)3)37(44)38-23-34-27(4)39-25(2)20-36(34)43/h8-11,21-22,31-32H,7,12-20,23-24H2,1-6H3,(H,38,44). The smallest absolute Gasteiger partial charge is 0.251 e. The number of allylic oxidation sites excluding steroid dienone is 1. The number of morpholine rings is 1. The molecular weight excluding hydrogens is 562 g/mol. The normalized spacial score (nSPS) is 21.2. The van der Waals surface area contributed by atoms with E-state index in [1.54, 1.807) is 0 Å². The molecule has 2 aliphatic heterocycles. The Labute approximate surface area is 269 Å². The number of hydrogen-bond acceptors (Lipinski definition) is 7. The molecule has 8 heteroatoms.